The summed E-state index contributed by atoms with van der Waals surface area (Å²) >= 11 is 0. The molecule has 0 fully saturated rings. The summed E-state index contributed by atoms with van der Waals surface area (Å²) in [4.78, 5) is 27.4. The quantitative estimate of drug-likeness (QED) is 0.398. The van der Waals surface area contributed by atoms with Crippen molar-refractivity contribution in [1.82, 2.24) is 10.2 Å². The number of likely N-dealkylation sites (N-methyl/N-ethyl adjacent to an activating group) is 1. The highest BCUT2D eigenvalue weighted by Gasteiger charge is 2.34. The molecule has 0 saturated heterocycles. The Morgan fingerprint density at radius 3 is 2.24 bits per heavy atom. The average molecular weight is 544 g/mol. The largest absolute Gasteiger partial charge is 0.497 e. The van der Waals surface area contributed by atoms with Crippen molar-refractivity contribution in [1.29, 1.82) is 0 Å². The molecule has 0 aliphatic heterocycles. The summed E-state index contributed by atoms with van der Waals surface area (Å²) in [5, 5.41) is 2.48. The number of anilines is 1. The molecule has 0 radical (unpaired) electrons. The van der Waals surface area contributed by atoms with E-state index in [-0.39, 0.29) is 28.4 Å². The van der Waals surface area contributed by atoms with Crippen molar-refractivity contribution >= 4 is 27.5 Å². The van der Waals surface area contributed by atoms with Gasteiger partial charge in [-0.1, -0.05) is 36.4 Å². The monoisotopic (exact) mass is 543 g/mol. The van der Waals surface area contributed by atoms with Crippen molar-refractivity contribution in [2.45, 2.75) is 24.4 Å². The summed E-state index contributed by atoms with van der Waals surface area (Å²) in [5.41, 5.74) is 0.232. The molecule has 3 aromatic rings. The summed E-state index contributed by atoms with van der Waals surface area (Å²) in [5.74, 6) is -1.26. The first-order chi connectivity index (χ1) is 18.1. The van der Waals surface area contributed by atoms with Gasteiger partial charge in [-0.25, -0.2) is 12.8 Å². The normalized spacial score (nSPS) is 11.8. The van der Waals surface area contributed by atoms with Crippen molar-refractivity contribution in [2.75, 3.05) is 32.1 Å². The lowest BCUT2D eigenvalue weighted by molar-refractivity contribution is -0.139. The Morgan fingerprint density at radius 1 is 0.974 bits per heavy atom. The van der Waals surface area contributed by atoms with Crippen molar-refractivity contribution < 1.29 is 31.9 Å². The second kappa shape index (κ2) is 12.4. The van der Waals surface area contributed by atoms with Gasteiger partial charge in [0.2, 0.25) is 11.8 Å². The summed E-state index contributed by atoms with van der Waals surface area (Å²) < 4.78 is 53.8. The molecule has 0 aromatic heterocycles. The molecule has 0 aliphatic carbocycles. The van der Waals surface area contributed by atoms with E-state index in [4.69, 9.17) is 9.47 Å². The maximum atomic E-state index is 14.5. The van der Waals surface area contributed by atoms with E-state index in [1.54, 1.807) is 30.3 Å². The van der Waals surface area contributed by atoms with Crippen molar-refractivity contribution in [3.8, 4) is 11.5 Å². The number of sulfonamides is 1. The van der Waals surface area contributed by atoms with Crippen molar-refractivity contribution in [3.05, 3.63) is 84.2 Å². The van der Waals surface area contributed by atoms with Gasteiger partial charge in [-0.3, -0.25) is 13.9 Å². The third-order valence-electron chi connectivity index (χ3n) is 5.98. The molecule has 3 rings (SSSR count). The van der Waals surface area contributed by atoms with Gasteiger partial charge in [-0.05, 0) is 37.3 Å². The van der Waals surface area contributed by atoms with Crippen LogP contribution in [0.15, 0.2) is 77.7 Å². The van der Waals surface area contributed by atoms with Crippen LogP contribution in [0.4, 0.5) is 10.1 Å². The number of benzene rings is 3. The SMILES string of the molecule is CNC(=O)[C@H](C)N(Cc1ccccc1F)C(=O)CN(c1cc(OC)ccc1OC)S(=O)(=O)c1ccccc1. The number of amides is 2. The topological polar surface area (TPSA) is 105 Å². The van der Waals surface area contributed by atoms with E-state index in [1.165, 1.54) is 70.7 Å². The molecule has 0 saturated carbocycles. The van der Waals surface area contributed by atoms with Gasteiger partial charge in [0.15, 0.2) is 0 Å². The molecule has 202 valence electrons. The maximum absolute atomic E-state index is 14.5. The highest BCUT2D eigenvalue weighted by Crippen LogP contribution is 2.36. The molecule has 2 amide bonds. The molecule has 0 aliphatic rings. The summed E-state index contributed by atoms with van der Waals surface area (Å²) in [7, 11) is -0.0844. The number of nitrogens with zero attached hydrogens (tertiary/aromatic N) is 2. The lowest BCUT2D eigenvalue weighted by Crippen LogP contribution is -2.50. The second-order valence-electron chi connectivity index (χ2n) is 8.27. The van der Waals surface area contributed by atoms with E-state index in [0.29, 0.717) is 5.75 Å². The average Bonchev–Trinajstić information content (AvgIpc) is 2.94. The lowest BCUT2D eigenvalue weighted by atomic mass is 10.1. The first-order valence-electron chi connectivity index (χ1n) is 11.7. The Hall–Kier alpha value is -4.12. The number of hydrogen-bond donors (Lipinski definition) is 1. The van der Waals surface area contributed by atoms with E-state index in [0.717, 1.165) is 9.21 Å². The first kappa shape index (κ1) is 28.5. The Kier molecular flexibility index (Phi) is 9.30. The van der Waals surface area contributed by atoms with Crippen LogP contribution in [0.1, 0.15) is 12.5 Å². The van der Waals surface area contributed by atoms with E-state index in [9.17, 15) is 22.4 Å². The van der Waals surface area contributed by atoms with Gasteiger partial charge in [0, 0.05) is 25.2 Å². The third-order valence-corrected chi connectivity index (χ3v) is 7.75. The van der Waals surface area contributed by atoms with Gasteiger partial charge in [-0.15, -0.1) is 0 Å². The van der Waals surface area contributed by atoms with Gasteiger partial charge in [0.1, 0.15) is 29.9 Å². The molecule has 0 bridgehead atoms. The highest BCUT2D eigenvalue weighted by molar-refractivity contribution is 7.92. The number of carbonyl (C=O) groups is 2. The fourth-order valence-corrected chi connectivity index (χ4v) is 5.26. The van der Waals surface area contributed by atoms with E-state index in [1.807, 2.05) is 0 Å². The molecule has 0 heterocycles. The van der Waals surface area contributed by atoms with E-state index < -0.39 is 40.2 Å². The Morgan fingerprint density at radius 2 is 1.63 bits per heavy atom. The first-order valence-corrected chi connectivity index (χ1v) is 13.1. The number of carbonyl (C=O) groups excluding carboxylic acids is 2. The van der Waals surface area contributed by atoms with Gasteiger partial charge >= 0.3 is 0 Å². The zero-order valence-electron chi connectivity index (χ0n) is 21.5. The van der Waals surface area contributed by atoms with Crippen LogP contribution >= 0.6 is 0 Å². The standard InChI is InChI=1S/C27H30FN3O6S/c1-19(27(33)29-2)30(17-20-10-8-9-13-23(20)28)26(32)18-31(38(34,35)22-11-6-5-7-12-22)24-16-21(36-3)14-15-25(24)37-4/h5-16,19H,17-18H2,1-4H3,(H,29,33)/t19-/m0/s1. The van der Waals surface area contributed by atoms with E-state index in [2.05, 4.69) is 5.32 Å². The third kappa shape index (κ3) is 6.23. The molecular formula is C27H30FN3O6S. The van der Waals surface area contributed by atoms with Gasteiger partial charge in [0.05, 0.1) is 24.8 Å². The van der Waals surface area contributed by atoms with Gasteiger partial charge < -0.3 is 19.7 Å². The zero-order valence-corrected chi connectivity index (χ0v) is 22.4. The van der Waals surface area contributed by atoms with Crippen LogP contribution in [0, 0.1) is 5.82 Å². The second-order valence-corrected chi connectivity index (χ2v) is 10.1. The van der Waals surface area contributed by atoms with E-state index >= 15 is 0 Å². The minimum atomic E-state index is -4.30. The Labute approximate surface area is 221 Å². The Bertz CT molecular complexity index is 1380. The predicted molar refractivity (Wildman–Crippen MR) is 141 cm³/mol. The van der Waals surface area contributed by atoms with Crippen LogP contribution in [-0.4, -0.2) is 59.0 Å². The highest BCUT2D eigenvalue weighted by atomic mass is 32.2. The van der Waals surface area contributed by atoms with Crippen LogP contribution < -0.4 is 19.1 Å². The zero-order chi connectivity index (χ0) is 27.9. The smallest absolute Gasteiger partial charge is 0.264 e. The van der Waals surface area contributed by atoms with Crippen molar-refractivity contribution in [2.24, 2.45) is 0 Å². The van der Waals surface area contributed by atoms with Crippen LogP contribution in [-0.2, 0) is 26.2 Å². The molecule has 1 atom stereocenters. The van der Waals surface area contributed by atoms with Gasteiger partial charge in [0.25, 0.3) is 10.0 Å². The molecule has 3 aromatic carbocycles. The van der Waals surface area contributed by atoms with Crippen molar-refractivity contribution in [3.63, 3.8) is 0 Å². The van der Waals surface area contributed by atoms with Crippen LogP contribution in [0.25, 0.3) is 0 Å². The molecule has 0 spiro atoms. The van der Waals surface area contributed by atoms with Crippen LogP contribution in [0.5, 0.6) is 11.5 Å². The maximum Gasteiger partial charge on any atom is 0.264 e. The fraction of sp³-hybridized carbons (Fsp3) is 0.259. The Balaban J connectivity index is 2.13. The number of rotatable bonds is 11. The number of ether oxygens (including phenoxy) is 2. The summed E-state index contributed by atoms with van der Waals surface area (Å²) in [6.45, 7) is 0.533. The molecule has 38 heavy (non-hydrogen) atoms. The van der Waals surface area contributed by atoms with Gasteiger partial charge in [-0.2, -0.15) is 0 Å². The number of nitrogens with one attached hydrogen (secondary N) is 1. The molecule has 0 unspecified atom stereocenters. The summed E-state index contributed by atoms with van der Waals surface area (Å²) in [6, 6.07) is 17.0. The minimum Gasteiger partial charge on any atom is -0.497 e. The summed E-state index contributed by atoms with van der Waals surface area (Å²) in [6.07, 6.45) is 0. The lowest BCUT2D eigenvalue weighted by Gasteiger charge is -2.32. The predicted octanol–water partition coefficient (Wildman–Crippen LogP) is 3.20. The molecule has 11 heteroatoms. The fourth-order valence-electron chi connectivity index (χ4n) is 3.83. The van der Waals surface area contributed by atoms with Crippen LogP contribution in [0.2, 0.25) is 0 Å². The molecule has 9 nitrogen and oxygen atoms in total. The molecular weight excluding hydrogens is 513 g/mol. The number of methoxy groups -OCH3 is 2. The molecule has 1 N–H and O–H groups in total. The number of halogens is 1. The number of hydrogen-bond acceptors (Lipinski definition) is 6. The minimum absolute atomic E-state index is 0.0577. The van der Waals surface area contributed by atoms with Crippen LogP contribution in [0.3, 0.4) is 0 Å².